The smallest absolute Gasteiger partial charge is 0.232 e. The van der Waals surface area contributed by atoms with Crippen LogP contribution in [0.4, 0.5) is 0 Å². The normalized spacial score (nSPS) is 11.6. The maximum absolute atomic E-state index is 5.72. The van der Waals surface area contributed by atoms with E-state index < -0.39 is 0 Å². The van der Waals surface area contributed by atoms with Crippen LogP contribution in [0.3, 0.4) is 0 Å². The van der Waals surface area contributed by atoms with Gasteiger partial charge in [-0.25, -0.2) is 4.98 Å². The molecule has 2 rings (SSSR count). The molecule has 0 saturated heterocycles. The molecule has 1 N–H and O–H groups in total. The molecule has 1 aromatic carbocycles. The molecule has 1 heterocycles. The summed E-state index contributed by atoms with van der Waals surface area (Å²) in [6.07, 6.45) is 1.77. The lowest BCUT2D eigenvalue weighted by molar-refractivity contribution is 0.251. The Labute approximate surface area is 120 Å². The zero-order valence-electron chi connectivity index (χ0n) is 12.6. The molecule has 0 aliphatic carbocycles. The van der Waals surface area contributed by atoms with E-state index in [2.05, 4.69) is 37.1 Å². The number of hydrogen-bond donors (Lipinski definition) is 1. The molecular weight excluding hydrogens is 252 g/mol. The summed E-state index contributed by atoms with van der Waals surface area (Å²) in [4.78, 5) is 4.25. The van der Waals surface area contributed by atoms with Crippen LogP contribution in [0.2, 0.25) is 0 Å². The SMILES string of the molecule is CNCc1cccc(OCc2ncc(C(C)(C)C)o2)c1. The molecule has 108 valence electrons. The van der Waals surface area contributed by atoms with Gasteiger partial charge in [-0.2, -0.15) is 0 Å². The number of rotatable bonds is 5. The van der Waals surface area contributed by atoms with E-state index in [1.807, 2.05) is 25.2 Å². The lowest BCUT2D eigenvalue weighted by atomic mass is 9.94. The number of ether oxygens (including phenoxy) is 1. The summed E-state index contributed by atoms with van der Waals surface area (Å²) in [6, 6.07) is 8.00. The molecule has 4 heteroatoms. The largest absolute Gasteiger partial charge is 0.484 e. The second-order valence-electron chi connectivity index (χ2n) is 5.83. The highest BCUT2D eigenvalue weighted by molar-refractivity contribution is 5.28. The van der Waals surface area contributed by atoms with Crippen molar-refractivity contribution in [2.75, 3.05) is 7.05 Å². The molecule has 0 spiro atoms. The minimum atomic E-state index is -0.0298. The van der Waals surface area contributed by atoms with Crippen LogP contribution in [-0.2, 0) is 18.6 Å². The fraction of sp³-hybridized carbons (Fsp3) is 0.438. The van der Waals surface area contributed by atoms with Crippen LogP contribution < -0.4 is 10.1 Å². The predicted molar refractivity (Wildman–Crippen MR) is 78.7 cm³/mol. The number of hydrogen-bond acceptors (Lipinski definition) is 4. The molecule has 0 aliphatic heterocycles. The lowest BCUT2D eigenvalue weighted by Gasteiger charge is -2.13. The van der Waals surface area contributed by atoms with E-state index in [0.717, 1.165) is 18.1 Å². The molecule has 0 radical (unpaired) electrons. The van der Waals surface area contributed by atoms with E-state index in [0.29, 0.717) is 12.5 Å². The molecular formula is C16H22N2O2. The first-order valence-corrected chi connectivity index (χ1v) is 6.80. The van der Waals surface area contributed by atoms with E-state index in [4.69, 9.17) is 9.15 Å². The molecule has 0 unspecified atom stereocenters. The average molecular weight is 274 g/mol. The first-order chi connectivity index (χ1) is 9.49. The number of benzene rings is 1. The van der Waals surface area contributed by atoms with Crippen LogP contribution in [0.25, 0.3) is 0 Å². The topological polar surface area (TPSA) is 47.3 Å². The fourth-order valence-corrected chi connectivity index (χ4v) is 1.82. The Bertz CT molecular complexity index is 556. The summed E-state index contributed by atoms with van der Waals surface area (Å²) >= 11 is 0. The van der Waals surface area contributed by atoms with Crippen molar-refractivity contribution in [1.29, 1.82) is 0 Å². The van der Waals surface area contributed by atoms with Gasteiger partial charge in [0.1, 0.15) is 11.5 Å². The van der Waals surface area contributed by atoms with Crippen molar-refractivity contribution in [2.24, 2.45) is 0 Å². The highest BCUT2D eigenvalue weighted by atomic mass is 16.5. The Morgan fingerprint density at radius 1 is 1.30 bits per heavy atom. The van der Waals surface area contributed by atoms with E-state index in [1.165, 1.54) is 5.56 Å². The van der Waals surface area contributed by atoms with Crippen molar-refractivity contribution in [3.8, 4) is 5.75 Å². The fourth-order valence-electron chi connectivity index (χ4n) is 1.82. The number of nitrogens with one attached hydrogen (secondary N) is 1. The first-order valence-electron chi connectivity index (χ1n) is 6.80. The van der Waals surface area contributed by atoms with E-state index in [1.54, 1.807) is 6.20 Å². The summed E-state index contributed by atoms with van der Waals surface area (Å²) in [7, 11) is 1.92. The molecule has 0 bridgehead atoms. The summed E-state index contributed by atoms with van der Waals surface area (Å²) in [6.45, 7) is 7.46. The van der Waals surface area contributed by atoms with Crippen LogP contribution in [-0.4, -0.2) is 12.0 Å². The van der Waals surface area contributed by atoms with Crippen molar-refractivity contribution in [3.63, 3.8) is 0 Å². The second kappa shape index (κ2) is 6.09. The molecule has 0 saturated carbocycles. The maximum Gasteiger partial charge on any atom is 0.232 e. The molecule has 0 amide bonds. The number of nitrogens with zero attached hydrogens (tertiary/aromatic N) is 1. The monoisotopic (exact) mass is 274 g/mol. The van der Waals surface area contributed by atoms with Crippen LogP contribution in [0.5, 0.6) is 5.75 Å². The van der Waals surface area contributed by atoms with Gasteiger partial charge in [0.2, 0.25) is 5.89 Å². The summed E-state index contributed by atoms with van der Waals surface area (Å²) in [5.74, 6) is 2.31. The first kappa shape index (κ1) is 14.6. The van der Waals surface area contributed by atoms with Gasteiger partial charge in [-0.15, -0.1) is 0 Å². The van der Waals surface area contributed by atoms with Crippen LogP contribution in [0.1, 0.15) is 38.0 Å². The highest BCUT2D eigenvalue weighted by Gasteiger charge is 2.19. The molecule has 4 nitrogen and oxygen atoms in total. The third kappa shape index (κ3) is 3.84. The third-order valence-electron chi connectivity index (χ3n) is 2.93. The highest BCUT2D eigenvalue weighted by Crippen LogP contribution is 2.23. The van der Waals surface area contributed by atoms with Gasteiger partial charge in [0.25, 0.3) is 0 Å². The van der Waals surface area contributed by atoms with Gasteiger partial charge >= 0.3 is 0 Å². The Morgan fingerprint density at radius 2 is 2.10 bits per heavy atom. The summed E-state index contributed by atoms with van der Waals surface area (Å²) in [5.41, 5.74) is 1.16. The Hall–Kier alpha value is -1.81. The number of oxazole rings is 1. The van der Waals surface area contributed by atoms with E-state index in [9.17, 15) is 0 Å². The predicted octanol–water partition coefficient (Wildman–Crippen LogP) is 3.27. The average Bonchev–Trinajstić information content (AvgIpc) is 2.86. The van der Waals surface area contributed by atoms with Gasteiger partial charge in [0.15, 0.2) is 6.61 Å². The van der Waals surface area contributed by atoms with Gasteiger partial charge < -0.3 is 14.5 Å². The van der Waals surface area contributed by atoms with Gasteiger partial charge in [-0.3, -0.25) is 0 Å². The van der Waals surface area contributed by atoms with Gasteiger partial charge in [-0.05, 0) is 24.7 Å². The van der Waals surface area contributed by atoms with Crippen molar-refractivity contribution in [1.82, 2.24) is 10.3 Å². The van der Waals surface area contributed by atoms with Gasteiger partial charge in [0.05, 0.1) is 6.20 Å². The Balaban J connectivity index is 1.98. The quantitative estimate of drug-likeness (QED) is 0.909. The molecule has 0 atom stereocenters. The van der Waals surface area contributed by atoms with Crippen molar-refractivity contribution >= 4 is 0 Å². The van der Waals surface area contributed by atoms with Gasteiger partial charge in [-0.1, -0.05) is 32.9 Å². The summed E-state index contributed by atoms with van der Waals surface area (Å²) < 4.78 is 11.4. The van der Waals surface area contributed by atoms with Crippen LogP contribution >= 0.6 is 0 Å². The van der Waals surface area contributed by atoms with Crippen molar-refractivity contribution in [2.45, 2.75) is 39.3 Å². The zero-order chi connectivity index (χ0) is 14.6. The molecule has 1 aromatic heterocycles. The maximum atomic E-state index is 5.72. The molecule has 0 fully saturated rings. The second-order valence-corrected chi connectivity index (χ2v) is 5.83. The molecule has 0 aliphatic rings. The lowest BCUT2D eigenvalue weighted by Crippen LogP contribution is -2.09. The van der Waals surface area contributed by atoms with Crippen LogP contribution in [0.15, 0.2) is 34.9 Å². The standard InChI is InChI=1S/C16H22N2O2/c1-16(2,3)14-10-18-15(20-14)11-19-13-7-5-6-12(8-13)9-17-4/h5-8,10,17H,9,11H2,1-4H3. The van der Waals surface area contributed by atoms with E-state index in [-0.39, 0.29) is 5.41 Å². The Kier molecular flexibility index (Phi) is 4.45. The Morgan fingerprint density at radius 3 is 2.75 bits per heavy atom. The zero-order valence-corrected chi connectivity index (χ0v) is 12.6. The number of aromatic nitrogens is 1. The minimum absolute atomic E-state index is 0.0298. The molecule has 2 aromatic rings. The van der Waals surface area contributed by atoms with Crippen molar-refractivity contribution in [3.05, 3.63) is 47.7 Å². The van der Waals surface area contributed by atoms with Crippen LogP contribution in [0, 0.1) is 0 Å². The molecule has 20 heavy (non-hydrogen) atoms. The van der Waals surface area contributed by atoms with Gasteiger partial charge in [0, 0.05) is 12.0 Å². The third-order valence-corrected chi connectivity index (χ3v) is 2.93. The van der Waals surface area contributed by atoms with Crippen molar-refractivity contribution < 1.29 is 9.15 Å². The summed E-state index contributed by atoms with van der Waals surface area (Å²) in [5, 5.41) is 3.12. The minimum Gasteiger partial charge on any atom is -0.484 e. The van der Waals surface area contributed by atoms with E-state index >= 15 is 0 Å².